The Morgan fingerprint density at radius 1 is 1.54 bits per heavy atom. The van der Waals surface area contributed by atoms with E-state index in [1.54, 1.807) is 7.11 Å². The van der Waals surface area contributed by atoms with Crippen LogP contribution in [0.4, 0.5) is 0 Å². The molecule has 0 unspecified atom stereocenters. The molecular weight excluding hydrogens is 166 g/mol. The van der Waals surface area contributed by atoms with Gasteiger partial charge in [-0.2, -0.15) is 0 Å². The molecule has 1 N–H and O–H groups in total. The number of hydrogen-bond acceptors (Lipinski definition) is 3. The van der Waals surface area contributed by atoms with Crippen molar-refractivity contribution in [2.45, 2.75) is 25.0 Å². The third-order valence-electron chi connectivity index (χ3n) is 2.32. The Balaban J connectivity index is 2.23. The van der Waals surface area contributed by atoms with E-state index < -0.39 is 0 Å². The van der Waals surface area contributed by atoms with Crippen LogP contribution in [0.3, 0.4) is 0 Å². The Kier molecular flexibility index (Phi) is 5.05. The van der Waals surface area contributed by atoms with E-state index in [9.17, 15) is 0 Å². The van der Waals surface area contributed by atoms with Crippen molar-refractivity contribution >= 4 is 0 Å². The van der Waals surface area contributed by atoms with Crippen LogP contribution in [0.1, 0.15) is 12.8 Å². The van der Waals surface area contributed by atoms with Gasteiger partial charge >= 0.3 is 0 Å². The molecule has 0 saturated carbocycles. The Morgan fingerprint density at radius 2 is 2.38 bits per heavy atom. The first-order valence-corrected chi connectivity index (χ1v) is 4.84. The average molecular weight is 185 g/mol. The van der Waals surface area contributed by atoms with Crippen molar-refractivity contribution in [3.63, 3.8) is 0 Å². The number of rotatable bonds is 5. The SMILES string of the molecule is C=CCCO[C@@H]1CNCC[C@@H]1OC. The first kappa shape index (κ1) is 10.7. The second kappa shape index (κ2) is 6.13. The molecule has 1 aliphatic heterocycles. The lowest BCUT2D eigenvalue weighted by Gasteiger charge is -2.30. The monoisotopic (exact) mass is 185 g/mol. The summed E-state index contributed by atoms with van der Waals surface area (Å²) in [6.07, 6.45) is 4.28. The molecule has 0 aromatic rings. The van der Waals surface area contributed by atoms with E-state index >= 15 is 0 Å². The number of nitrogens with one attached hydrogen (secondary N) is 1. The first-order chi connectivity index (χ1) is 6.38. The number of hydrogen-bond donors (Lipinski definition) is 1. The van der Waals surface area contributed by atoms with Crippen LogP contribution in [0.15, 0.2) is 12.7 Å². The molecule has 1 fully saturated rings. The standard InChI is InChI=1S/C10H19NO2/c1-3-4-7-13-10-8-11-6-5-9(10)12-2/h3,9-11H,1,4-8H2,2H3/t9-,10+/m0/s1. The molecule has 2 atom stereocenters. The maximum Gasteiger partial charge on any atom is 0.0961 e. The molecule has 76 valence electrons. The molecule has 0 amide bonds. The van der Waals surface area contributed by atoms with E-state index in [4.69, 9.17) is 9.47 Å². The molecule has 0 aromatic heterocycles. The lowest BCUT2D eigenvalue weighted by atomic mass is 10.1. The maximum absolute atomic E-state index is 5.67. The predicted octanol–water partition coefficient (Wildman–Crippen LogP) is 0.956. The van der Waals surface area contributed by atoms with Crippen LogP contribution >= 0.6 is 0 Å². The molecule has 0 bridgehead atoms. The minimum atomic E-state index is 0.207. The Bertz CT molecular complexity index is 150. The Morgan fingerprint density at radius 3 is 3.08 bits per heavy atom. The molecule has 13 heavy (non-hydrogen) atoms. The smallest absolute Gasteiger partial charge is 0.0961 e. The quantitative estimate of drug-likeness (QED) is 0.511. The third-order valence-corrected chi connectivity index (χ3v) is 2.32. The molecule has 1 heterocycles. The van der Waals surface area contributed by atoms with Gasteiger partial charge in [0.1, 0.15) is 0 Å². The van der Waals surface area contributed by atoms with Crippen molar-refractivity contribution in [2.24, 2.45) is 0 Å². The highest BCUT2D eigenvalue weighted by Crippen LogP contribution is 2.11. The van der Waals surface area contributed by atoms with Crippen LogP contribution in [0.25, 0.3) is 0 Å². The number of ether oxygens (including phenoxy) is 2. The number of piperidine rings is 1. The van der Waals surface area contributed by atoms with Crippen molar-refractivity contribution in [3.8, 4) is 0 Å². The molecule has 0 aromatic carbocycles. The van der Waals surface area contributed by atoms with Gasteiger partial charge in [0.05, 0.1) is 18.8 Å². The molecule has 3 heteroatoms. The van der Waals surface area contributed by atoms with Crippen LogP contribution in [-0.2, 0) is 9.47 Å². The molecule has 3 nitrogen and oxygen atoms in total. The minimum Gasteiger partial charge on any atom is -0.379 e. The van der Waals surface area contributed by atoms with Crippen molar-refractivity contribution in [2.75, 3.05) is 26.8 Å². The highest BCUT2D eigenvalue weighted by atomic mass is 16.5. The van der Waals surface area contributed by atoms with Crippen LogP contribution in [-0.4, -0.2) is 39.0 Å². The molecule has 1 aliphatic rings. The fourth-order valence-corrected chi connectivity index (χ4v) is 1.54. The predicted molar refractivity (Wildman–Crippen MR) is 52.8 cm³/mol. The van der Waals surface area contributed by atoms with Crippen molar-refractivity contribution in [1.29, 1.82) is 0 Å². The second-order valence-corrected chi connectivity index (χ2v) is 3.25. The van der Waals surface area contributed by atoms with Gasteiger partial charge in [0.15, 0.2) is 0 Å². The summed E-state index contributed by atoms with van der Waals surface area (Å²) in [5.74, 6) is 0. The summed E-state index contributed by atoms with van der Waals surface area (Å²) in [4.78, 5) is 0. The summed E-state index contributed by atoms with van der Waals surface area (Å²) in [7, 11) is 1.75. The minimum absolute atomic E-state index is 0.207. The van der Waals surface area contributed by atoms with Crippen LogP contribution in [0, 0.1) is 0 Å². The lowest BCUT2D eigenvalue weighted by Crippen LogP contribution is -2.46. The maximum atomic E-state index is 5.67. The van der Waals surface area contributed by atoms with Gasteiger partial charge < -0.3 is 14.8 Å². The van der Waals surface area contributed by atoms with Crippen molar-refractivity contribution in [1.82, 2.24) is 5.32 Å². The highest BCUT2D eigenvalue weighted by molar-refractivity contribution is 4.79. The fraction of sp³-hybridized carbons (Fsp3) is 0.800. The zero-order valence-corrected chi connectivity index (χ0v) is 8.29. The molecular formula is C10H19NO2. The van der Waals surface area contributed by atoms with Gasteiger partial charge in [-0.25, -0.2) is 0 Å². The average Bonchev–Trinajstić information content (AvgIpc) is 2.19. The summed E-state index contributed by atoms with van der Waals surface area (Å²) in [6.45, 7) is 6.33. The summed E-state index contributed by atoms with van der Waals surface area (Å²) in [5.41, 5.74) is 0. The fourth-order valence-electron chi connectivity index (χ4n) is 1.54. The molecule has 0 radical (unpaired) electrons. The Hall–Kier alpha value is -0.380. The number of methoxy groups -OCH3 is 1. The van der Waals surface area contributed by atoms with Crippen LogP contribution in [0.5, 0.6) is 0 Å². The van der Waals surface area contributed by atoms with Gasteiger partial charge in [0.25, 0.3) is 0 Å². The van der Waals surface area contributed by atoms with Gasteiger partial charge in [-0.15, -0.1) is 6.58 Å². The van der Waals surface area contributed by atoms with Gasteiger partial charge in [-0.1, -0.05) is 6.08 Å². The van der Waals surface area contributed by atoms with E-state index in [0.29, 0.717) is 0 Å². The first-order valence-electron chi connectivity index (χ1n) is 4.84. The third kappa shape index (κ3) is 3.46. The zero-order chi connectivity index (χ0) is 9.52. The molecule has 0 aliphatic carbocycles. The van der Waals surface area contributed by atoms with E-state index in [1.165, 1.54) is 0 Å². The van der Waals surface area contributed by atoms with Crippen LogP contribution in [0.2, 0.25) is 0 Å². The zero-order valence-electron chi connectivity index (χ0n) is 8.29. The summed E-state index contributed by atoms with van der Waals surface area (Å²) in [5, 5.41) is 3.30. The summed E-state index contributed by atoms with van der Waals surface area (Å²) < 4.78 is 11.0. The van der Waals surface area contributed by atoms with Gasteiger partial charge in [0.2, 0.25) is 0 Å². The van der Waals surface area contributed by atoms with E-state index in [1.807, 2.05) is 6.08 Å². The summed E-state index contributed by atoms with van der Waals surface area (Å²) in [6, 6.07) is 0. The van der Waals surface area contributed by atoms with E-state index in [0.717, 1.165) is 32.5 Å². The molecule has 0 spiro atoms. The van der Waals surface area contributed by atoms with E-state index in [2.05, 4.69) is 11.9 Å². The topological polar surface area (TPSA) is 30.5 Å². The van der Waals surface area contributed by atoms with E-state index in [-0.39, 0.29) is 12.2 Å². The lowest BCUT2D eigenvalue weighted by molar-refractivity contribution is -0.0678. The van der Waals surface area contributed by atoms with Gasteiger partial charge in [-0.3, -0.25) is 0 Å². The van der Waals surface area contributed by atoms with Gasteiger partial charge in [0, 0.05) is 13.7 Å². The van der Waals surface area contributed by atoms with Crippen LogP contribution < -0.4 is 5.32 Å². The molecule has 1 rings (SSSR count). The van der Waals surface area contributed by atoms with Gasteiger partial charge in [-0.05, 0) is 19.4 Å². The Labute approximate surface area is 80.1 Å². The second-order valence-electron chi connectivity index (χ2n) is 3.25. The van der Waals surface area contributed by atoms with Crippen molar-refractivity contribution < 1.29 is 9.47 Å². The summed E-state index contributed by atoms with van der Waals surface area (Å²) >= 11 is 0. The normalized spacial score (nSPS) is 28.7. The highest BCUT2D eigenvalue weighted by Gasteiger charge is 2.24. The largest absolute Gasteiger partial charge is 0.379 e. The van der Waals surface area contributed by atoms with Crippen molar-refractivity contribution in [3.05, 3.63) is 12.7 Å². The molecule has 1 saturated heterocycles.